The van der Waals surface area contributed by atoms with E-state index in [1.165, 1.54) is 5.56 Å². The summed E-state index contributed by atoms with van der Waals surface area (Å²) in [7, 11) is 1.82. The van der Waals surface area contributed by atoms with E-state index in [9.17, 15) is 0 Å². The van der Waals surface area contributed by atoms with Crippen LogP contribution in [0.4, 0.5) is 0 Å². The van der Waals surface area contributed by atoms with E-state index >= 15 is 0 Å². The van der Waals surface area contributed by atoms with Gasteiger partial charge >= 0.3 is 0 Å². The molecule has 1 saturated heterocycles. The summed E-state index contributed by atoms with van der Waals surface area (Å²) in [6.07, 6.45) is 0.879. The van der Waals surface area contributed by atoms with E-state index in [0.717, 1.165) is 63.3 Å². The summed E-state index contributed by atoms with van der Waals surface area (Å²) in [6.45, 7) is 15.1. The fourth-order valence-corrected chi connectivity index (χ4v) is 3.69. The van der Waals surface area contributed by atoms with Crippen molar-refractivity contribution in [3.63, 3.8) is 0 Å². The second kappa shape index (κ2) is 15.5. The lowest BCUT2D eigenvalue weighted by molar-refractivity contribution is 0.00752. The first-order chi connectivity index (χ1) is 14.6. The van der Waals surface area contributed by atoms with Gasteiger partial charge in [-0.3, -0.25) is 9.89 Å². The van der Waals surface area contributed by atoms with Gasteiger partial charge < -0.3 is 24.8 Å². The Kier molecular flexibility index (Phi) is 13.9. The van der Waals surface area contributed by atoms with Gasteiger partial charge in [-0.15, -0.1) is 24.0 Å². The van der Waals surface area contributed by atoms with Crippen molar-refractivity contribution in [3.05, 3.63) is 23.8 Å². The van der Waals surface area contributed by atoms with Gasteiger partial charge in [0.1, 0.15) is 0 Å². The second-order valence-corrected chi connectivity index (χ2v) is 7.74. The molecule has 1 fully saturated rings. The Balaban J connectivity index is 0.00000480. The van der Waals surface area contributed by atoms with E-state index in [1.807, 2.05) is 27.0 Å². The molecule has 0 aliphatic carbocycles. The standard InChI is InChI=1S/C23H40N4O3.HI/c1-6-29-21-9-8-19(16-22(21)30-7-2)10-11-25-23(24-5)26-17-20(18(3)4)27-12-14-28-15-13-27;/h8-9,16,18,20H,6-7,10-15,17H2,1-5H3,(H2,24,25,26);1H. The van der Waals surface area contributed by atoms with Crippen LogP contribution in [0.2, 0.25) is 0 Å². The SMILES string of the molecule is CCOc1ccc(CCNC(=NC)NCC(C(C)C)N2CCOCC2)cc1OCC.I. The summed E-state index contributed by atoms with van der Waals surface area (Å²) >= 11 is 0. The van der Waals surface area contributed by atoms with Crippen molar-refractivity contribution in [1.29, 1.82) is 0 Å². The lowest BCUT2D eigenvalue weighted by Gasteiger charge is -2.37. The van der Waals surface area contributed by atoms with Gasteiger partial charge in [-0.05, 0) is 43.9 Å². The van der Waals surface area contributed by atoms with Crippen molar-refractivity contribution >= 4 is 29.9 Å². The second-order valence-electron chi connectivity index (χ2n) is 7.74. The minimum absolute atomic E-state index is 0. The molecule has 0 bridgehead atoms. The summed E-state index contributed by atoms with van der Waals surface area (Å²) in [5, 5.41) is 6.93. The molecule has 1 heterocycles. The van der Waals surface area contributed by atoms with Gasteiger partial charge in [0.25, 0.3) is 0 Å². The van der Waals surface area contributed by atoms with Gasteiger partial charge in [0, 0.05) is 39.3 Å². The molecular weight excluding hydrogens is 507 g/mol. The van der Waals surface area contributed by atoms with Gasteiger partial charge in [0.05, 0.1) is 26.4 Å². The molecule has 31 heavy (non-hydrogen) atoms. The highest BCUT2D eigenvalue weighted by Gasteiger charge is 2.23. The maximum Gasteiger partial charge on any atom is 0.191 e. The van der Waals surface area contributed by atoms with Gasteiger partial charge in [0.15, 0.2) is 17.5 Å². The average molecular weight is 549 g/mol. The number of rotatable bonds is 11. The van der Waals surface area contributed by atoms with E-state index < -0.39 is 0 Å². The average Bonchev–Trinajstić information content (AvgIpc) is 2.75. The number of nitrogens with one attached hydrogen (secondary N) is 2. The number of nitrogens with zero attached hydrogens (tertiary/aromatic N) is 2. The Morgan fingerprint density at radius 1 is 1.10 bits per heavy atom. The third-order valence-electron chi connectivity index (χ3n) is 5.30. The first kappa shape index (κ1) is 27.8. The zero-order valence-corrected chi connectivity index (χ0v) is 22.1. The first-order valence-corrected chi connectivity index (χ1v) is 11.2. The number of morpholine rings is 1. The lowest BCUT2D eigenvalue weighted by atomic mass is 10.0. The Morgan fingerprint density at radius 2 is 1.77 bits per heavy atom. The van der Waals surface area contributed by atoms with Crippen LogP contribution in [-0.4, -0.2) is 76.6 Å². The normalized spacial score (nSPS) is 15.9. The van der Waals surface area contributed by atoms with E-state index in [4.69, 9.17) is 14.2 Å². The number of aliphatic imine (C=N–C) groups is 1. The molecule has 7 nitrogen and oxygen atoms in total. The van der Waals surface area contributed by atoms with E-state index in [0.29, 0.717) is 25.2 Å². The summed E-state index contributed by atoms with van der Waals surface area (Å²) in [4.78, 5) is 6.91. The van der Waals surface area contributed by atoms with Crippen molar-refractivity contribution in [2.75, 3.05) is 59.7 Å². The minimum Gasteiger partial charge on any atom is -0.490 e. The summed E-state index contributed by atoms with van der Waals surface area (Å²) < 4.78 is 16.9. The molecule has 0 amide bonds. The quantitative estimate of drug-likeness (QED) is 0.252. The molecule has 1 aromatic rings. The fourth-order valence-electron chi connectivity index (χ4n) is 3.69. The third-order valence-corrected chi connectivity index (χ3v) is 5.30. The lowest BCUT2D eigenvalue weighted by Crippen LogP contribution is -2.52. The zero-order chi connectivity index (χ0) is 21.8. The number of benzene rings is 1. The Hall–Kier alpha value is -1.26. The highest BCUT2D eigenvalue weighted by atomic mass is 127. The Morgan fingerprint density at radius 3 is 2.39 bits per heavy atom. The number of guanidine groups is 1. The van der Waals surface area contributed by atoms with E-state index in [-0.39, 0.29) is 24.0 Å². The van der Waals surface area contributed by atoms with Gasteiger partial charge in [-0.25, -0.2) is 0 Å². The Labute approximate surface area is 205 Å². The number of hydrogen-bond donors (Lipinski definition) is 2. The molecule has 0 saturated carbocycles. The molecule has 0 aromatic heterocycles. The minimum atomic E-state index is 0. The number of ether oxygens (including phenoxy) is 3. The predicted octanol–water partition coefficient (Wildman–Crippen LogP) is 3.17. The van der Waals surface area contributed by atoms with Crippen molar-refractivity contribution < 1.29 is 14.2 Å². The van der Waals surface area contributed by atoms with Gasteiger partial charge in [-0.1, -0.05) is 19.9 Å². The Bertz CT molecular complexity index is 652. The van der Waals surface area contributed by atoms with Crippen LogP contribution < -0.4 is 20.1 Å². The summed E-state index contributed by atoms with van der Waals surface area (Å²) in [5.41, 5.74) is 1.21. The molecule has 1 aromatic carbocycles. The summed E-state index contributed by atoms with van der Waals surface area (Å²) in [5.74, 6) is 3.01. The highest BCUT2D eigenvalue weighted by Crippen LogP contribution is 2.28. The van der Waals surface area contributed by atoms with Crippen molar-refractivity contribution in [3.8, 4) is 11.5 Å². The van der Waals surface area contributed by atoms with Crippen molar-refractivity contribution in [2.45, 2.75) is 40.2 Å². The van der Waals surface area contributed by atoms with Crippen molar-refractivity contribution in [1.82, 2.24) is 15.5 Å². The van der Waals surface area contributed by atoms with Gasteiger partial charge in [0.2, 0.25) is 0 Å². The largest absolute Gasteiger partial charge is 0.490 e. The van der Waals surface area contributed by atoms with Crippen LogP contribution in [0.5, 0.6) is 11.5 Å². The van der Waals surface area contributed by atoms with Crippen LogP contribution in [-0.2, 0) is 11.2 Å². The molecule has 1 atom stereocenters. The van der Waals surface area contributed by atoms with Crippen LogP contribution in [0, 0.1) is 5.92 Å². The molecular formula is C23H41IN4O3. The molecule has 1 aliphatic heterocycles. The molecule has 1 unspecified atom stereocenters. The zero-order valence-electron chi connectivity index (χ0n) is 19.8. The molecule has 178 valence electrons. The van der Waals surface area contributed by atoms with Crippen LogP contribution in [0.3, 0.4) is 0 Å². The molecule has 0 spiro atoms. The summed E-state index contributed by atoms with van der Waals surface area (Å²) in [6, 6.07) is 6.62. The maximum atomic E-state index is 5.73. The monoisotopic (exact) mass is 548 g/mol. The predicted molar refractivity (Wildman–Crippen MR) is 138 cm³/mol. The number of hydrogen-bond acceptors (Lipinski definition) is 5. The van der Waals surface area contributed by atoms with E-state index in [2.05, 4.69) is 46.5 Å². The molecule has 1 aliphatic rings. The van der Waals surface area contributed by atoms with E-state index in [1.54, 1.807) is 0 Å². The van der Waals surface area contributed by atoms with Crippen LogP contribution in [0.15, 0.2) is 23.2 Å². The molecule has 2 N–H and O–H groups in total. The fraction of sp³-hybridized carbons (Fsp3) is 0.696. The third kappa shape index (κ3) is 9.41. The van der Waals surface area contributed by atoms with Crippen molar-refractivity contribution in [2.24, 2.45) is 10.9 Å². The maximum absolute atomic E-state index is 5.73. The smallest absolute Gasteiger partial charge is 0.191 e. The molecule has 0 radical (unpaired) electrons. The van der Waals surface area contributed by atoms with Crippen LogP contribution in [0.1, 0.15) is 33.3 Å². The van der Waals surface area contributed by atoms with Gasteiger partial charge in [-0.2, -0.15) is 0 Å². The number of halogens is 1. The topological polar surface area (TPSA) is 67.4 Å². The molecule has 2 rings (SSSR count). The van der Waals surface area contributed by atoms with Crippen LogP contribution in [0.25, 0.3) is 0 Å². The highest BCUT2D eigenvalue weighted by molar-refractivity contribution is 14.0. The molecule has 8 heteroatoms. The first-order valence-electron chi connectivity index (χ1n) is 11.2. The van der Waals surface area contributed by atoms with Crippen LogP contribution >= 0.6 is 24.0 Å².